The van der Waals surface area contributed by atoms with Crippen LogP contribution in [0.25, 0.3) is 22.4 Å². The fraction of sp³-hybridized carbons (Fsp3) is 0.190. The Labute approximate surface area is 161 Å². The molecule has 2 aromatic heterocycles. The van der Waals surface area contributed by atoms with Gasteiger partial charge in [0.05, 0.1) is 4.53 Å². The van der Waals surface area contributed by atoms with E-state index in [4.69, 9.17) is 0 Å². The van der Waals surface area contributed by atoms with E-state index in [0.29, 0.717) is 15.3 Å². The van der Waals surface area contributed by atoms with Crippen molar-refractivity contribution in [3.63, 3.8) is 0 Å². The third-order valence-corrected chi connectivity index (χ3v) is 5.56. The molecule has 0 aliphatic heterocycles. The van der Waals surface area contributed by atoms with Gasteiger partial charge in [-0.25, -0.2) is 4.40 Å². The highest BCUT2D eigenvalue weighted by Crippen LogP contribution is 2.18. The minimum Gasteiger partial charge on any atom is -0.372 e. The third-order valence-electron chi connectivity index (χ3n) is 4.60. The number of anilines is 1. The molecule has 2 heterocycles. The van der Waals surface area contributed by atoms with Gasteiger partial charge in [-0.15, -0.1) is 10.2 Å². The van der Waals surface area contributed by atoms with Crippen molar-refractivity contribution in [3.8, 4) is 11.4 Å². The third kappa shape index (κ3) is 3.24. The molecule has 4 aromatic rings. The molecule has 0 bridgehead atoms. The summed E-state index contributed by atoms with van der Waals surface area (Å²) in [6, 6.07) is 17.9. The number of hydrogen-bond donors (Lipinski definition) is 0. The minimum atomic E-state index is -0.0772. The van der Waals surface area contributed by atoms with Gasteiger partial charge in [0.1, 0.15) is 0 Å². The molecule has 0 unspecified atom stereocenters. The molecule has 136 valence electrons. The lowest BCUT2D eigenvalue weighted by Crippen LogP contribution is -2.23. The molecule has 27 heavy (non-hydrogen) atoms. The van der Waals surface area contributed by atoms with Gasteiger partial charge in [0.25, 0.3) is 5.56 Å². The van der Waals surface area contributed by atoms with Crippen LogP contribution in [0.5, 0.6) is 0 Å². The molecule has 4 rings (SSSR count). The van der Waals surface area contributed by atoms with Crippen LogP contribution in [0.2, 0.25) is 0 Å². The summed E-state index contributed by atoms with van der Waals surface area (Å²) in [5, 5.41) is 8.37. The van der Waals surface area contributed by atoms with Crippen molar-refractivity contribution < 1.29 is 0 Å². The first kappa shape index (κ1) is 17.4. The number of rotatable bonds is 5. The Morgan fingerprint density at radius 1 is 1.00 bits per heavy atom. The van der Waals surface area contributed by atoms with E-state index in [2.05, 4.69) is 41.1 Å². The fourth-order valence-corrected chi connectivity index (χ4v) is 4.07. The van der Waals surface area contributed by atoms with E-state index in [1.54, 1.807) is 4.40 Å². The average molecular weight is 376 g/mol. The predicted molar refractivity (Wildman–Crippen MR) is 111 cm³/mol. The van der Waals surface area contributed by atoms with E-state index < -0.39 is 0 Å². The zero-order valence-corrected chi connectivity index (χ0v) is 16.1. The quantitative estimate of drug-likeness (QED) is 0.537. The van der Waals surface area contributed by atoms with Gasteiger partial charge in [-0.1, -0.05) is 53.8 Å². The second kappa shape index (κ2) is 7.32. The van der Waals surface area contributed by atoms with Crippen LogP contribution in [0.3, 0.4) is 0 Å². The molecule has 0 radical (unpaired) electrons. The number of hydrogen-bond acceptors (Lipinski definition) is 5. The molecule has 0 atom stereocenters. The maximum absolute atomic E-state index is 12.9. The van der Waals surface area contributed by atoms with E-state index in [1.807, 2.05) is 48.5 Å². The molecule has 0 saturated heterocycles. The van der Waals surface area contributed by atoms with E-state index in [1.165, 1.54) is 17.0 Å². The van der Waals surface area contributed by atoms with Gasteiger partial charge in [-0.3, -0.25) is 4.79 Å². The summed E-state index contributed by atoms with van der Waals surface area (Å²) in [5.74, 6) is 0.586. The summed E-state index contributed by atoms with van der Waals surface area (Å²) in [4.78, 5) is 15.8. The maximum atomic E-state index is 12.9. The van der Waals surface area contributed by atoms with Crippen LogP contribution in [0.4, 0.5) is 5.69 Å². The summed E-state index contributed by atoms with van der Waals surface area (Å²) in [6.45, 7) is 6.24. The standard InChI is InChI=1S/C21H20N4OS/c1-3-24(4-2)17-12-10-15(11-13-17)14-18-20(26)25-19(22-23-21(25)27-18)16-8-6-5-7-9-16/h5-14H,3-4H2,1-2H3/b18-14-. The lowest BCUT2D eigenvalue weighted by molar-refractivity contribution is 0.866. The molecule has 0 saturated carbocycles. The zero-order chi connectivity index (χ0) is 18.8. The van der Waals surface area contributed by atoms with Crippen LogP contribution in [0, 0.1) is 0 Å². The first-order valence-corrected chi connectivity index (χ1v) is 9.83. The summed E-state index contributed by atoms with van der Waals surface area (Å²) >= 11 is 1.36. The van der Waals surface area contributed by atoms with Crippen molar-refractivity contribution in [1.29, 1.82) is 0 Å². The lowest BCUT2D eigenvalue weighted by atomic mass is 10.2. The van der Waals surface area contributed by atoms with Crippen LogP contribution in [0.1, 0.15) is 19.4 Å². The van der Waals surface area contributed by atoms with Crippen molar-refractivity contribution in [2.45, 2.75) is 13.8 Å². The normalized spacial score (nSPS) is 12.0. The molecule has 0 spiro atoms. The van der Waals surface area contributed by atoms with Gasteiger partial charge < -0.3 is 4.90 Å². The molecule has 6 heteroatoms. The van der Waals surface area contributed by atoms with Gasteiger partial charge in [0.2, 0.25) is 4.96 Å². The Bertz CT molecular complexity index is 1160. The molecule has 0 amide bonds. The van der Waals surface area contributed by atoms with Gasteiger partial charge in [0.15, 0.2) is 5.82 Å². The summed E-state index contributed by atoms with van der Waals surface area (Å²) in [7, 11) is 0. The van der Waals surface area contributed by atoms with Crippen LogP contribution in [0.15, 0.2) is 59.4 Å². The van der Waals surface area contributed by atoms with Crippen molar-refractivity contribution in [1.82, 2.24) is 14.6 Å². The first-order chi connectivity index (χ1) is 13.2. The predicted octanol–water partition coefficient (Wildman–Crippen LogP) is 3.21. The lowest BCUT2D eigenvalue weighted by Gasteiger charge is -2.20. The number of benzene rings is 2. The molecule has 0 N–H and O–H groups in total. The second-order valence-corrected chi connectivity index (χ2v) is 7.20. The Balaban J connectivity index is 1.75. The smallest absolute Gasteiger partial charge is 0.276 e. The van der Waals surface area contributed by atoms with Crippen molar-refractivity contribution in [2.75, 3.05) is 18.0 Å². The van der Waals surface area contributed by atoms with Gasteiger partial charge >= 0.3 is 0 Å². The van der Waals surface area contributed by atoms with E-state index in [9.17, 15) is 4.79 Å². The Morgan fingerprint density at radius 3 is 2.37 bits per heavy atom. The highest BCUT2D eigenvalue weighted by atomic mass is 32.1. The number of fused-ring (bicyclic) bond motifs is 1. The van der Waals surface area contributed by atoms with Crippen LogP contribution in [-0.4, -0.2) is 27.7 Å². The topological polar surface area (TPSA) is 50.5 Å². The van der Waals surface area contributed by atoms with Crippen molar-refractivity contribution in [3.05, 3.63) is 75.0 Å². The largest absolute Gasteiger partial charge is 0.372 e. The van der Waals surface area contributed by atoms with Crippen molar-refractivity contribution in [2.24, 2.45) is 0 Å². The average Bonchev–Trinajstić information content (AvgIpc) is 3.25. The molecule has 0 aliphatic rings. The van der Waals surface area contributed by atoms with Crippen molar-refractivity contribution >= 4 is 28.1 Å². The summed E-state index contributed by atoms with van der Waals surface area (Å²) in [6.07, 6.45) is 1.92. The summed E-state index contributed by atoms with van der Waals surface area (Å²) in [5.41, 5.74) is 3.00. The monoisotopic (exact) mass is 376 g/mol. The summed E-state index contributed by atoms with van der Waals surface area (Å²) < 4.78 is 2.25. The van der Waals surface area contributed by atoms with Gasteiger partial charge in [0, 0.05) is 24.3 Å². The molecular weight excluding hydrogens is 356 g/mol. The van der Waals surface area contributed by atoms with E-state index in [-0.39, 0.29) is 5.56 Å². The van der Waals surface area contributed by atoms with E-state index in [0.717, 1.165) is 24.2 Å². The van der Waals surface area contributed by atoms with Gasteiger partial charge in [-0.05, 0) is 37.6 Å². The maximum Gasteiger partial charge on any atom is 0.276 e. The number of aromatic nitrogens is 3. The molecule has 5 nitrogen and oxygen atoms in total. The molecule has 0 aliphatic carbocycles. The highest BCUT2D eigenvalue weighted by molar-refractivity contribution is 7.15. The second-order valence-electron chi connectivity index (χ2n) is 6.19. The van der Waals surface area contributed by atoms with Crippen LogP contribution in [-0.2, 0) is 0 Å². The first-order valence-electron chi connectivity index (χ1n) is 9.01. The number of nitrogens with zero attached hydrogens (tertiary/aromatic N) is 4. The fourth-order valence-electron chi connectivity index (χ4n) is 3.16. The Kier molecular flexibility index (Phi) is 4.73. The highest BCUT2D eigenvalue weighted by Gasteiger charge is 2.13. The van der Waals surface area contributed by atoms with E-state index >= 15 is 0 Å². The number of thiazole rings is 1. The van der Waals surface area contributed by atoms with Gasteiger partial charge in [-0.2, -0.15) is 0 Å². The van der Waals surface area contributed by atoms with Crippen LogP contribution >= 0.6 is 11.3 Å². The Morgan fingerprint density at radius 2 is 1.70 bits per heavy atom. The minimum absolute atomic E-state index is 0.0772. The SMILES string of the molecule is CCN(CC)c1ccc(/C=c2\sc3nnc(-c4ccccc4)n3c2=O)cc1. The molecular formula is C21H20N4OS. The zero-order valence-electron chi connectivity index (χ0n) is 15.3. The molecule has 0 fully saturated rings. The Hall–Kier alpha value is -2.99. The molecule has 2 aromatic carbocycles. The van der Waals surface area contributed by atoms with Crippen LogP contribution < -0.4 is 15.0 Å².